The summed E-state index contributed by atoms with van der Waals surface area (Å²) in [6.45, 7) is 0.776. The molecule has 0 radical (unpaired) electrons. The lowest BCUT2D eigenvalue weighted by atomic mass is 10.3. The summed E-state index contributed by atoms with van der Waals surface area (Å²) in [5, 5.41) is 11.1. The molecule has 132 valence electrons. The van der Waals surface area contributed by atoms with E-state index in [1.54, 1.807) is 4.90 Å². The molecule has 0 aliphatic carbocycles. The Hall–Kier alpha value is -2.59. The van der Waals surface area contributed by atoms with E-state index >= 15 is 0 Å². The molecule has 0 saturated carbocycles. The Morgan fingerprint density at radius 3 is 2.48 bits per heavy atom. The molecular weight excluding hydrogens is 351 g/mol. The number of halogens is 1. The van der Waals surface area contributed by atoms with Crippen LogP contribution < -0.4 is 4.90 Å². The molecule has 0 spiro atoms. The van der Waals surface area contributed by atoms with Crippen LogP contribution in [0.3, 0.4) is 0 Å². The van der Waals surface area contributed by atoms with E-state index in [1.165, 1.54) is 40.8 Å². The Morgan fingerprint density at radius 1 is 1.12 bits per heavy atom. The van der Waals surface area contributed by atoms with Crippen molar-refractivity contribution in [2.24, 2.45) is 0 Å². The lowest BCUT2D eigenvalue weighted by Gasteiger charge is -2.34. The summed E-state index contributed by atoms with van der Waals surface area (Å²) in [6, 6.07) is 7.68. The van der Waals surface area contributed by atoms with E-state index in [-0.39, 0.29) is 42.6 Å². The number of aromatic nitrogens is 1. The van der Waals surface area contributed by atoms with Gasteiger partial charge < -0.3 is 4.90 Å². The predicted molar refractivity (Wildman–Crippen MR) is 88.3 cm³/mol. The standard InChI is InChI=1S/C15H15FN4O4S/c16-12-3-1-4-13(11-12)25(23,24)19-9-7-18(8-10-19)15-14(20(21)22)5-2-6-17-15/h1-6,11H,7-10H2. The number of nitro groups is 1. The average molecular weight is 366 g/mol. The minimum atomic E-state index is -3.80. The monoisotopic (exact) mass is 366 g/mol. The molecule has 1 aromatic carbocycles. The summed E-state index contributed by atoms with van der Waals surface area (Å²) in [4.78, 5) is 16.2. The molecule has 1 aliphatic heterocycles. The van der Waals surface area contributed by atoms with Gasteiger partial charge in [0.05, 0.1) is 9.82 Å². The molecule has 10 heteroatoms. The fourth-order valence-corrected chi connectivity index (χ4v) is 4.15. The topological polar surface area (TPSA) is 96.7 Å². The molecule has 1 saturated heterocycles. The van der Waals surface area contributed by atoms with E-state index in [9.17, 15) is 22.9 Å². The number of rotatable bonds is 4. The molecule has 0 amide bonds. The van der Waals surface area contributed by atoms with Crippen molar-refractivity contribution in [1.82, 2.24) is 9.29 Å². The van der Waals surface area contributed by atoms with Gasteiger partial charge >= 0.3 is 5.69 Å². The third kappa shape index (κ3) is 3.44. The third-order valence-corrected chi connectivity index (χ3v) is 5.83. The summed E-state index contributed by atoms with van der Waals surface area (Å²) >= 11 is 0. The Kier molecular flexibility index (Phi) is 4.64. The quantitative estimate of drug-likeness (QED) is 0.603. The van der Waals surface area contributed by atoms with E-state index in [4.69, 9.17) is 0 Å². The molecule has 1 aliphatic rings. The highest BCUT2D eigenvalue weighted by atomic mass is 32.2. The lowest BCUT2D eigenvalue weighted by molar-refractivity contribution is -0.384. The number of nitrogens with zero attached hydrogens (tertiary/aromatic N) is 4. The van der Waals surface area contributed by atoms with Crippen molar-refractivity contribution in [2.75, 3.05) is 31.1 Å². The first-order chi connectivity index (χ1) is 11.9. The number of benzene rings is 1. The normalized spacial score (nSPS) is 16.0. The van der Waals surface area contributed by atoms with Crippen LogP contribution in [0.5, 0.6) is 0 Å². The Balaban J connectivity index is 1.77. The summed E-state index contributed by atoms with van der Waals surface area (Å²) in [6.07, 6.45) is 1.46. The molecule has 0 unspecified atom stereocenters. The second-order valence-electron chi connectivity index (χ2n) is 5.45. The van der Waals surface area contributed by atoms with Gasteiger partial charge in [-0.1, -0.05) is 6.07 Å². The van der Waals surface area contributed by atoms with Crippen LogP contribution in [0.1, 0.15) is 0 Å². The van der Waals surface area contributed by atoms with Gasteiger partial charge in [0.15, 0.2) is 0 Å². The van der Waals surface area contributed by atoms with Crippen LogP contribution in [-0.4, -0.2) is 48.8 Å². The van der Waals surface area contributed by atoms with Crippen molar-refractivity contribution in [1.29, 1.82) is 0 Å². The predicted octanol–water partition coefficient (Wildman–Crippen LogP) is 1.64. The number of piperazine rings is 1. The van der Waals surface area contributed by atoms with E-state index in [0.717, 1.165) is 6.07 Å². The fraction of sp³-hybridized carbons (Fsp3) is 0.267. The van der Waals surface area contributed by atoms with Gasteiger partial charge in [-0.3, -0.25) is 10.1 Å². The molecule has 0 bridgehead atoms. The number of hydrogen-bond donors (Lipinski definition) is 0. The lowest BCUT2D eigenvalue weighted by Crippen LogP contribution is -2.49. The minimum Gasteiger partial charge on any atom is -0.348 e. The van der Waals surface area contributed by atoms with Crippen LogP contribution in [0, 0.1) is 15.9 Å². The summed E-state index contributed by atoms with van der Waals surface area (Å²) in [7, 11) is -3.80. The first kappa shape index (κ1) is 17.2. The molecule has 8 nitrogen and oxygen atoms in total. The summed E-state index contributed by atoms with van der Waals surface area (Å²) in [5.74, 6) is -0.404. The molecule has 0 N–H and O–H groups in total. The van der Waals surface area contributed by atoms with Gasteiger partial charge in [0, 0.05) is 38.4 Å². The van der Waals surface area contributed by atoms with Gasteiger partial charge in [0.25, 0.3) is 0 Å². The average Bonchev–Trinajstić information content (AvgIpc) is 2.62. The zero-order valence-corrected chi connectivity index (χ0v) is 13.9. The zero-order chi connectivity index (χ0) is 18.0. The van der Waals surface area contributed by atoms with Crippen molar-refractivity contribution in [3.8, 4) is 0 Å². The smallest absolute Gasteiger partial charge is 0.311 e. The van der Waals surface area contributed by atoms with Gasteiger partial charge in [-0.2, -0.15) is 4.31 Å². The van der Waals surface area contributed by atoms with Crippen molar-refractivity contribution in [3.63, 3.8) is 0 Å². The maximum atomic E-state index is 13.3. The van der Waals surface area contributed by atoms with Gasteiger partial charge in [-0.05, 0) is 24.3 Å². The Morgan fingerprint density at radius 2 is 1.84 bits per heavy atom. The van der Waals surface area contributed by atoms with Crippen LogP contribution in [0.15, 0.2) is 47.5 Å². The van der Waals surface area contributed by atoms with Gasteiger partial charge in [-0.15, -0.1) is 0 Å². The van der Waals surface area contributed by atoms with Crippen molar-refractivity contribution in [2.45, 2.75) is 4.90 Å². The molecular formula is C15H15FN4O4S. The largest absolute Gasteiger partial charge is 0.348 e. The minimum absolute atomic E-state index is 0.107. The Labute approximate surface area is 143 Å². The van der Waals surface area contributed by atoms with Crippen molar-refractivity contribution < 1.29 is 17.7 Å². The van der Waals surface area contributed by atoms with Crippen molar-refractivity contribution in [3.05, 3.63) is 58.5 Å². The van der Waals surface area contributed by atoms with Crippen LogP contribution in [0.2, 0.25) is 0 Å². The molecule has 2 aromatic rings. The van der Waals surface area contributed by atoms with Gasteiger partial charge in [-0.25, -0.2) is 17.8 Å². The first-order valence-electron chi connectivity index (χ1n) is 7.49. The SMILES string of the molecule is O=[N+]([O-])c1cccnc1N1CCN(S(=O)(=O)c2cccc(F)c2)CC1. The molecule has 1 aromatic heterocycles. The van der Waals surface area contributed by atoms with E-state index in [0.29, 0.717) is 0 Å². The molecule has 2 heterocycles. The van der Waals surface area contributed by atoms with Crippen LogP contribution in [0.4, 0.5) is 15.9 Å². The second-order valence-corrected chi connectivity index (χ2v) is 7.39. The molecule has 3 rings (SSSR count). The van der Waals surface area contributed by atoms with Crippen molar-refractivity contribution >= 4 is 21.5 Å². The van der Waals surface area contributed by atoms with E-state index in [2.05, 4.69) is 4.98 Å². The number of pyridine rings is 1. The van der Waals surface area contributed by atoms with E-state index < -0.39 is 20.8 Å². The third-order valence-electron chi connectivity index (χ3n) is 3.93. The highest BCUT2D eigenvalue weighted by Crippen LogP contribution is 2.27. The highest BCUT2D eigenvalue weighted by molar-refractivity contribution is 7.89. The maximum Gasteiger partial charge on any atom is 0.311 e. The zero-order valence-electron chi connectivity index (χ0n) is 13.1. The molecule has 0 atom stereocenters. The molecule has 25 heavy (non-hydrogen) atoms. The van der Waals surface area contributed by atoms with Crippen LogP contribution in [-0.2, 0) is 10.0 Å². The number of anilines is 1. The maximum absolute atomic E-state index is 13.3. The summed E-state index contributed by atoms with van der Waals surface area (Å²) < 4.78 is 39.7. The summed E-state index contributed by atoms with van der Waals surface area (Å²) in [5.41, 5.74) is -0.121. The number of sulfonamides is 1. The van der Waals surface area contributed by atoms with Gasteiger partial charge in [0.2, 0.25) is 15.8 Å². The van der Waals surface area contributed by atoms with Gasteiger partial charge in [0.1, 0.15) is 5.82 Å². The Bertz CT molecular complexity index is 898. The first-order valence-corrected chi connectivity index (χ1v) is 8.93. The second kappa shape index (κ2) is 6.73. The van der Waals surface area contributed by atoms with E-state index in [1.807, 2.05) is 0 Å². The van der Waals surface area contributed by atoms with Crippen LogP contribution in [0.25, 0.3) is 0 Å². The van der Waals surface area contributed by atoms with Crippen LogP contribution >= 0.6 is 0 Å². The number of hydrogen-bond acceptors (Lipinski definition) is 6. The highest BCUT2D eigenvalue weighted by Gasteiger charge is 2.31. The fourth-order valence-electron chi connectivity index (χ4n) is 2.69. The molecule has 1 fully saturated rings.